The highest BCUT2D eigenvalue weighted by atomic mass is 16.3. The van der Waals surface area contributed by atoms with Crippen LogP contribution in [0, 0.1) is 34.5 Å². The van der Waals surface area contributed by atoms with Crippen molar-refractivity contribution >= 4 is 11.5 Å². The predicted octanol–water partition coefficient (Wildman–Crippen LogP) is 5.81. The number of nitrogens with zero attached hydrogens (tertiary/aromatic N) is 2. The number of pyridine rings is 1. The minimum Gasteiger partial charge on any atom is -0.393 e. The summed E-state index contributed by atoms with van der Waals surface area (Å²) in [4.78, 5) is 4.31. The minimum atomic E-state index is -0.161. The lowest BCUT2D eigenvalue weighted by molar-refractivity contribution is -0.0682. The number of allylic oxidation sites excluding steroid dienone is 2. The average molecular weight is 408 g/mol. The minimum absolute atomic E-state index is 0.161. The molecule has 1 aromatic rings. The second kappa shape index (κ2) is 7.47. The van der Waals surface area contributed by atoms with Gasteiger partial charge >= 0.3 is 0 Å². The van der Waals surface area contributed by atoms with E-state index in [2.05, 4.69) is 35.4 Å². The third kappa shape index (κ3) is 3.14. The van der Waals surface area contributed by atoms with E-state index in [1.165, 1.54) is 50.7 Å². The van der Waals surface area contributed by atoms with E-state index in [9.17, 15) is 5.11 Å². The lowest BCUT2D eigenvalue weighted by atomic mass is 9.46. The van der Waals surface area contributed by atoms with Crippen LogP contribution in [0.3, 0.4) is 0 Å². The van der Waals surface area contributed by atoms with Crippen LogP contribution in [0.1, 0.15) is 72.1 Å². The zero-order chi connectivity index (χ0) is 20.9. The third-order valence-corrected chi connectivity index (χ3v) is 9.61. The predicted molar refractivity (Wildman–Crippen MR) is 122 cm³/mol. The normalized spacial score (nSPS) is 42.7. The second-order valence-electron chi connectivity index (χ2n) is 10.9. The van der Waals surface area contributed by atoms with Crippen LogP contribution in [0.15, 0.2) is 41.1 Å². The van der Waals surface area contributed by atoms with Crippen molar-refractivity contribution < 1.29 is 5.11 Å². The van der Waals surface area contributed by atoms with Crippen molar-refractivity contribution in [1.82, 2.24) is 4.98 Å². The maximum atomic E-state index is 10.4. The summed E-state index contributed by atoms with van der Waals surface area (Å²) in [6, 6.07) is 5.86. The Morgan fingerprint density at radius 1 is 1.10 bits per heavy atom. The highest BCUT2D eigenvalue weighted by Crippen LogP contribution is 2.66. The van der Waals surface area contributed by atoms with Crippen LogP contribution in [-0.2, 0) is 0 Å². The number of aliphatic hydroxyl groups is 1. The van der Waals surface area contributed by atoms with E-state index in [-0.39, 0.29) is 6.10 Å². The summed E-state index contributed by atoms with van der Waals surface area (Å²) in [5, 5.41) is 15.1. The van der Waals surface area contributed by atoms with Crippen LogP contribution in [0.2, 0.25) is 0 Å². The van der Waals surface area contributed by atoms with E-state index >= 15 is 0 Å². The first kappa shape index (κ1) is 20.2. The van der Waals surface area contributed by atoms with Gasteiger partial charge in [0.25, 0.3) is 0 Å². The molecule has 7 atom stereocenters. The van der Waals surface area contributed by atoms with Crippen LogP contribution in [0.25, 0.3) is 0 Å². The standard InChI is InChI=1S/C26H37N3O/c1-17(30)21-9-10-22-20-8-7-18-16-19(28-29-24-6-4-5-15-27-24)11-13-25(18,2)23(20)12-14-26(21,22)3/h4-6,15-17,20-23,30H,7-14H2,1-3H3,(H,27,29)/b28-19+/t17-,20-,21+,22-,23-,25-,26+/m0/s1. The van der Waals surface area contributed by atoms with Crippen molar-refractivity contribution in [3.8, 4) is 0 Å². The van der Waals surface area contributed by atoms with Gasteiger partial charge in [0.05, 0.1) is 11.8 Å². The molecular weight excluding hydrogens is 370 g/mol. The molecule has 0 bridgehead atoms. The Labute approximate surface area is 181 Å². The van der Waals surface area contributed by atoms with Gasteiger partial charge in [-0.05, 0) is 111 Å². The van der Waals surface area contributed by atoms with Gasteiger partial charge in [0.1, 0.15) is 5.82 Å². The van der Waals surface area contributed by atoms with Crippen LogP contribution in [0.5, 0.6) is 0 Å². The maximum Gasteiger partial charge on any atom is 0.146 e. The topological polar surface area (TPSA) is 57.5 Å². The first-order chi connectivity index (χ1) is 14.4. The largest absolute Gasteiger partial charge is 0.393 e. The summed E-state index contributed by atoms with van der Waals surface area (Å²) in [5.74, 6) is 3.74. The van der Waals surface area contributed by atoms with Gasteiger partial charge in [-0.15, -0.1) is 0 Å². The number of rotatable bonds is 3. The molecule has 162 valence electrons. The van der Waals surface area contributed by atoms with E-state index < -0.39 is 0 Å². The summed E-state index contributed by atoms with van der Waals surface area (Å²) >= 11 is 0. The van der Waals surface area contributed by atoms with Crippen molar-refractivity contribution in [2.24, 2.45) is 39.6 Å². The van der Waals surface area contributed by atoms with Crippen LogP contribution >= 0.6 is 0 Å². The van der Waals surface area contributed by atoms with Crippen molar-refractivity contribution in [1.29, 1.82) is 0 Å². The van der Waals surface area contributed by atoms with Gasteiger partial charge in [-0.2, -0.15) is 5.10 Å². The molecule has 4 heteroatoms. The molecule has 0 unspecified atom stereocenters. The number of hydrogen-bond acceptors (Lipinski definition) is 4. The SMILES string of the molecule is C[C@H](O)[C@H]1CC[C@H]2[C@@H]3CCC4=C/C(=N/Nc5ccccn5)CC[C@]4(C)[C@H]3CC[C@]12C. The van der Waals surface area contributed by atoms with Gasteiger partial charge in [0, 0.05) is 6.20 Å². The first-order valence-corrected chi connectivity index (χ1v) is 12.0. The zero-order valence-corrected chi connectivity index (χ0v) is 18.8. The van der Waals surface area contributed by atoms with Gasteiger partial charge in [-0.3, -0.25) is 5.43 Å². The van der Waals surface area contributed by atoms with Crippen molar-refractivity contribution in [2.45, 2.75) is 78.2 Å². The number of aliphatic hydroxyl groups excluding tert-OH is 1. The fraction of sp³-hybridized carbons (Fsp3) is 0.692. The lowest BCUT2D eigenvalue weighted by Crippen LogP contribution is -2.51. The first-order valence-electron chi connectivity index (χ1n) is 12.0. The van der Waals surface area contributed by atoms with Gasteiger partial charge < -0.3 is 5.11 Å². The third-order valence-electron chi connectivity index (χ3n) is 9.61. The lowest BCUT2D eigenvalue weighted by Gasteiger charge is -2.58. The molecule has 3 fully saturated rings. The molecule has 0 spiro atoms. The van der Waals surface area contributed by atoms with Gasteiger partial charge in [0.2, 0.25) is 0 Å². The zero-order valence-electron chi connectivity index (χ0n) is 18.8. The van der Waals surface area contributed by atoms with Crippen molar-refractivity contribution in [2.75, 3.05) is 5.43 Å². The molecule has 3 saturated carbocycles. The van der Waals surface area contributed by atoms with Crippen molar-refractivity contribution in [3.05, 3.63) is 36.0 Å². The molecule has 1 heterocycles. The molecule has 0 saturated heterocycles. The smallest absolute Gasteiger partial charge is 0.146 e. The number of aromatic nitrogens is 1. The molecule has 0 radical (unpaired) electrons. The highest BCUT2D eigenvalue weighted by molar-refractivity contribution is 5.97. The Morgan fingerprint density at radius 3 is 2.73 bits per heavy atom. The molecule has 4 aliphatic rings. The van der Waals surface area contributed by atoms with Gasteiger partial charge in [-0.25, -0.2) is 4.98 Å². The number of hydrogen-bond donors (Lipinski definition) is 2. The second-order valence-corrected chi connectivity index (χ2v) is 10.9. The van der Waals surface area contributed by atoms with Crippen LogP contribution in [0.4, 0.5) is 5.82 Å². The molecule has 0 aliphatic heterocycles. The number of nitrogens with one attached hydrogen (secondary N) is 1. The molecule has 4 nitrogen and oxygen atoms in total. The van der Waals surface area contributed by atoms with Crippen molar-refractivity contribution in [3.63, 3.8) is 0 Å². The maximum absolute atomic E-state index is 10.4. The number of fused-ring (bicyclic) bond motifs is 5. The quantitative estimate of drug-likeness (QED) is 0.622. The Kier molecular flexibility index (Phi) is 5.04. The highest BCUT2D eigenvalue weighted by Gasteiger charge is 2.59. The van der Waals surface area contributed by atoms with Gasteiger partial charge in [0.15, 0.2) is 0 Å². The Bertz CT molecular complexity index is 847. The van der Waals surface area contributed by atoms with Crippen LogP contribution in [-0.4, -0.2) is 21.9 Å². The van der Waals surface area contributed by atoms with E-state index in [1.54, 1.807) is 11.8 Å². The summed E-state index contributed by atoms with van der Waals surface area (Å²) in [6.45, 7) is 7.07. The van der Waals surface area contributed by atoms with E-state index in [0.717, 1.165) is 30.0 Å². The van der Waals surface area contributed by atoms with E-state index in [1.807, 2.05) is 25.1 Å². The molecule has 2 N–H and O–H groups in total. The summed E-state index contributed by atoms with van der Waals surface area (Å²) < 4.78 is 0. The Hall–Kier alpha value is -1.68. The fourth-order valence-corrected chi connectivity index (χ4v) is 8.05. The van der Waals surface area contributed by atoms with Gasteiger partial charge in [-0.1, -0.05) is 25.5 Å². The summed E-state index contributed by atoms with van der Waals surface area (Å²) in [5.41, 5.74) is 6.62. The van der Waals surface area contributed by atoms with Crippen LogP contribution < -0.4 is 5.43 Å². The van der Waals surface area contributed by atoms with E-state index in [0.29, 0.717) is 16.7 Å². The fourth-order valence-electron chi connectivity index (χ4n) is 8.05. The summed E-state index contributed by atoms with van der Waals surface area (Å²) in [6.07, 6.45) is 14.0. The molecule has 0 aromatic carbocycles. The molecule has 0 amide bonds. The average Bonchev–Trinajstić information content (AvgIpc) is 3.10. The molecule has 4 aliphatic carbocycles. The number of hydrazone groups is 1. The number of anilines is 1. The monoisotopic (exact) mass is 407 g/mol. The molecule has 30 heavy (non-hydrogen) atoms. The van der Waals surface area contributed by atoms with E-state index in [4.69, 9.17) is 0 Å². The molecule has 1 aromatic heterocycles. The Morgan fingerprint density at radius 2 is 1.97 bits per heavy atom. The molecule has 5 rings (SSSR count). The Balaban J connectivity index is 1.36. The molecular formula is C26H37N3O. The summed E-state index contributed by atoms with van der Waals surface area (Å²) in [7, 11) is 0.